The Kier molecular flexibility index (Phi) is 4.34. The van der Waals surface area contributed by atoms with Crippen molar-refractivity contribution < 1.29 is 4.79 Å². The van der Waals surface area contributed by atoms with E-state index in [2.05, 4.69) is 31.4 Å². The molecule has 0 bridgehead atoms. The van der Waals surface area contributed by atoms with Gasteiger partial charge in [-0.1, -0.05) is 0 Å². The van der Waals surface area contributed by atoms with Gasteiger partial charge in [-0.15, -0.1) is 11.3 Å². The minimum Gasteiger partial charge on any atom is -0.328 e. The molecule has 128 valence electrons. The SMILES string of the molecule is CN1CCN(Cc2cnc3n2CCN(C(=O)c2cscn2)C3)CC1. The van der Waals surface area contributed by atoms with Gasteiger partial charge >= 0.3 is 0 Å². The van der Waals surface area contributed by atoms with E-state index in [4.69, 9.17) is 0 Å². The molecule has 1 amide bonds. The van der Waals surface area contributed by atoms with E-state index in [0.717, 1.165) is 51.6 Å². The Labute approximate surface area is 145 Å². The molecular formula is C16H22N6OS. The molecule has 8 heteroatoms. The van der Waals surface area contributed by atoms with E-state index < -0.39 is 0 Å². The van der Waals surface area contributed by atoms with E-state index in [1.807, 2.05) is 16.5 Å². The number of hydrogen-bond donors (Lipinski definition) is 0. The van der Waals surface area contributed by atoms with Gasteiger partial charge < -0.3 is 14.4 Å². The number of imidazole rings is 1. The monoisotopic (exact) mass is 346 g/mol. The van der Waals surface area contributed by atoms with Crippen LogP contribution >= 0.6 is 11.3 Å². The number of hydrogen-bond acceptors (Lipinski definition) is 6. The summed E-state index contributed by atoms with van der Waals surface area (Å²) >= 11 is 1.45. The zero-order valence-corrected chi connectivity index (χ0v) is 14.7. The summed E-state index contributed by atoms with van der Waals surface area (Å²) < 4.78 is 2.28. The van der Waals surface area contributed by atoms with Crippen molar-refractivity contribution in [3.63, 3.8) is 0 Å². The van der Waals surface area contributed by atoms with Gasteiger partial charge in [-0.05, 0) is 7.05 Å². The minimum atomic E-state index is 0.00566. The number of amides is 1. The molecule has 0 unspecified atom stereocenters. The number of carbonyl (C=O) groups excluding carboxylic acids is 1. The van der Waals surface area contributed by atoms with Crippen LogP contribution in [0.4, 0.5) is 0 Å². The number of carbonyl (C=O) groups is 1. The quantitative estimate of drug-likeness (QED) is 0.821. The maximum atomic E-state index is 12.4. The molecule has 0 spiro atoms. The molecule has 1 saturated heterocycles. The number of rotatable bonds is 3. The highest BCUT2D eigenvalue weighted by atomic mass is 32.1. The standard InChI is InChI=1S/C16H22N6OS/c1-19-2-4-20(5-3-19)9-13-8-17-15-10-21(6-7-22(13)15)16(23)14-11-24-12-18-14/h8,11-12H,2-7,9-10H2,1H3. The van der Waals surface area contributed by atoms with Crippen molar-refractivity contribution in [3.8, 4) is 0 Å². The average Bonchev–Trinajstić information content (AvgIpc) is 3.26. The Morgan fingerprint density at radius 2 is 2.00 bits per heavy atom. The molecule has 7 nitrogen and oxygen atoms in total. The van der Waals surface area contributed by atoms with Crippen LogP contribution in [-0.2, 0) is 19.6 Å². The first-order valence-electron chi connectivity index (χ1n) is 8.32. The van der Waals surface area contributed by atoms with Gasteiger partial charge in [0.2, 0.25) is 0 Å². The second-order valence-electron chi connectivity index (χ2n) is 6.50. The van der Waals surface area contributed by atoms with Crippen molar-refractivity contribution >= 4 is 17.2 Å². The summed E-state index contributed by atoms with van der Waals surface area (Å²) in [5.74, 6) is 0.986. The molecule has 4 rings (SSSR count). The second-order valence-corrected chi connectivity index (χ2v) is 7.22. The lowest BCUT2D eigenvalue weighted by Crippen LogP contribution is -2.44. The van der Waals surface area contributed by atoms with E-state index in [1.165, 1.54) is 17.0 Å². The predicted molar refractivity (Wildman–Crippen MR) is 91.9 cm³/mol. The number of aromatic nitrogens is 3. The summed E-state index contributed by atoms with van der Waals surface area (Å²) in [5.41, 5.74) is 3.50. The summed E-state index contributed by atoms with van der Waals surface area (Å²) in [4.78, 5) is 27.8. The normalized spacial score (nSPS) is 19.5. The number of nitrogens with zero attached hydrogens (tertiary/aromatic N) is 6. The summed E-state index contributed by atoms with van der Waals surface area (Å²) in [5, 5.41) is 1.81. The first-order chi connectivity index (χ1) is 11.7. The lowest BCUT2D eigenvalue weighted by atomic mass is 10.3. The average molecular weight is 346 g/mol. The van der Waals surface area contributed by atoms with Crippen LogP contribution < -0.4 is 0 Å². The number of fused-ring (bicyclic) bond motifs is 1. The van der Waals surface area contributed by atoms with E-state index in [-0.39, 0.29) is 5.91 Å². The number of piperazine rings is 1. The predicted octanol–water partition coefficient (Wildman–Crippen LogP) is 0.743. The van der Waals surface area contributed by atoms with Gasteiger partial charge in [0.15, 0.2) is 0 Å². The Morgan fingerprint density at radius 1 is 1.17 bits per heavy atom. The third-order valence-electron chi connectivity index (χ3n) is 4.87. The Balaban J connectivity index is 1.43. The molecule has 0 radical (unpaired) electrons. The third kappa shape index (κ3) is 3.09. The van der Waals surface area contributed by atoms with Crippen LogP contribution in [0.15, 0.2) is 17.1 Å². The molecular weight excluding hydrogens is 324 g/mol. The second kappa shape index (κ2) is 6.62. The lowest BCUT2D eigenvalue weighted by Gasteiger charge is -2.33. The molecule has 24 heavy (non-hydrogen) atoms. The van der Waals surface area contributed by atoms with Crippen molar-refractivity contribution in [1.82, 2.24) is 29.2 Å². The molecule has 0 aromatic carbocycles. The van der Waals surface area contributed by atoms with Crippen LogP contribution in [0.25, 0.3) is 0 Å². The third-order valence-corrected chi connectivity index (χ3v) is 5.45. The maximum absolute atomic E-state index is 12.4. The van der Waals surface area contributed by atoms with Gasteiger partial charge in [-0.3, -0.25) is 9.69 Å². The van der Waals surface area contributed by atoms with Crippen molar-refractivity contribution in [1.29, 1.82) is 0 Å². The van der Waals surface area contributed by atoms with Gasteiger partial charge in [-0.25, -0.2) is 9.97 Å². The molecule has 0 atom stereocenters. The molecule has 0 aliphatic carbocycles. The van der Waals surface area contributed by atoms with Crippen molar-refractivity contribution in [2.75, 3.05) is 39.8 Å². The van der Waals surface area contributed by atoms with Crippen LogP contribution in [0.5, 0.6) is 0 Å². The van der Waals surface area contributed by atoms with Crippen LogP contribution in [0.3, 0.4) is 0 Å². The molecule has 2 aliphatic rings. The smallest absolute Gasteiger partial charge is 0.273 e. The van der Waals surface area contributed by atoms with Crippen molar-refractivity contribution in [2.24, 2.45) is 0 Å². The first-order valence-corrected chi connectivity index (χ1v) is 9.26. The lowest BCUT2D eigenvalue weighted by molar-refractivity contribution is 0.0699. The fourth-order valence-electron chi connectivity index (χ4n) is 3.34. The summed E-state index contributed by atoms with van der Waals surface area (Å²) in [6.45, 7) is 7.49. The Hall–Kier alpha value is -1.77. The molecule has 2 aromatic heterocycles. The largest absolute Gasteiger partial charge is 0.328 e. The van der Waals surface area contributed by atoms with Crippen LogP contribution in [-0.4, -0.2) is 74.9 Å². The van der Waals surface area contributed by atoms with E-state index in [1.54, 1.807) is 5.51 Å². The van der Waals surface area contributed by atoms with Crippen molar-refractivity contribution in [2.45, 2.75) is 19.6 Å². The Bertz CT molecular complexity index is 704. The van der Waals surface area contributed by atoms with Crippen LogP contribution in [0.1, 0.15) is 22.0 Å². The summed E-state index contributed by atoms with van der Waals surface area (Å²) in [6, 6.07) is 0. The topological polar surface area (TPSA) is 57.5 Å². The zero-order valence-electron chi connectivity index (χ0n) is 13.9. The molecule has 0 saturated carbocycles. The molecule has 0 N–H and O–H groups in total. The van der Waals surface area contributed by atoms with Crippen LogP contribution in [0.2, 0.25) is 0 Å². The summed E-state index contributed by atoms with van der Waals surface area (Å²) in [6.07, 6.45) is 1.98. The zero-order chi connectivity index (χ0) is 16.5. The van der Waals surface area contributed by atoms with Gasteiger partial charge in [0.05, 0.1) is 17.7 Å². The van der Waals surface area contributed by atoms with Crippen LogP contribution in [0, 0.1) is 0 Å². The summed E-state index contributed by atoms with van der Waals surface area (Å²) in [7, 11) is 2.17. The highest BCUT2D eigenvalue weighted by Crippen LogP contribution is 2.18. The maximum Gasteiger partial charge on any atom is 0.273 e. The highest BCUT2D eigenvalue weighted by Gasteiger charge is 2.26. The van der Waals surface area contributed by atoms with Gasteiger partial charge in [0, 0.05) is 57.4 Å². The van der Waals surface area contributed by atoms with Gasteiger partial charge in [0.25, 0.3) is 5.91 Å². The van der Waals surface area contributed by atoms with Crippen molar-refractivity contribution in [3.05, 3.63) is 34.3 Å². The fourth-order valence-corrected chi connectivity index (χ4v) is 3.86. The van der Waals surface area contributed by atoms with E-state index >= 15 is 0 Å². The first kappa shape index (κ1) is 15.7. The van der Waals surface area contributed by atoms with E-state index in [0.29, 0.717) is 12.2 Å². The molecule has 4 heterocycles. The molecule has 2 aliphatic heterocycles. The number of thiazole rings is 1. The fraction of sp³-hybridized carbons (Fsp3) is 0.562. The van der Waals surface area contributed by atoms with Gasteiger partial charge in [-0.2, -0.15) is 0 Å². The van der Waals surface area contributed by atoms with E-state index in [9.17, 15) is 4.79 Å². The highest BCUT2D eigenvalue weighted by molar-refractivity contribution is 7.07. The Morgan fingerprint density at radius 3 is 2.75 bits per heavy atom. The molecule has 1 fully saturated rings. The number of likely N-dealkylation sites (N-methyl/N-ethyl adjacent to an activating group) is 1. The van der Waals surface area contributed by atoms with Gasteiger partial charge in [0.1, 0.15) is 11.5 Å². The minimum absolute atomic E-state index is 0.00566. The molecule has 2 aromatic rings.